The SMILES string of the molecule is [2H]C(Oc1ccc(Nc2ncc(C)c(Nc3cccc(S(=O)(=O)NC(C([2H])([2H])[2H])(C([2H])([2H])[2H])C([2H])([2H])[2H])c3)n2)cc1)C([2H])N1CCCC1. The zero-order valence-electron chi connectivity index (χ0n) is 31.2. The Balaban J connectivity index is 1.50. The van der Waals surface area contributed by atoms with Crippen molar-refractivity contribution in [1.29, 1.82) is 0 Å². The largest absolute Gasteiger partial charge is 0.492 e. The highest BCUT2D eigenvalue weighted by Gasteiger charge is 2.22. The number of hydrogen-bond donors (Lipinski definition) is 3. The minimum Gasteiger partial charge on any atom is -0.492 e. The van der Waals surface area contributed by atoms with Crippen molar-refractivity contribution in [3.05, 3.63) is 60.3 Å². The number of likely N-dealkylation sites (tertiary alicyclic amines) is 1. The Labute approximate surface area is 235 Å². The molecule has 3 aromatic rings. The number of anilines is 4. The van der Waals surface area contributed by atoms with Crippen LogP contribution in [-0.4, -0.2) is 55.0 Å². The maximum Gasteiger partial charge on any atom is 0.241 e. The lowest BCUT2D eigenvalue weighted by atomic mass is 10.1. The van der Waals surface area contributed by atoms with E-state index in [1.807, 2.05) is 4.90 Å². The number of ether oxygens (including phenoxy) is 1. The molecule has 1 aromatic heterocycles. The summed E-state index contributed by atoms with van der Waals surface area (Å²) in [4.78, 5) is 10.0. The Kier molecular flexibility index (Phi) is 4.92. The number of rotatable bonds is 10. The van der Waals surface area contributed by atoms with E-state index in [0.717, 1.165) is 38.1 Å². The van der Waals surface area contributed by atoms with E-state index in [9.17, 15) is 8.42 Å². The molecule has 1 fully saturated rings. The van der Waals surface area contributed by atoms with E-state index in [1.54, 1.807) is 31.2 Å². The van der Waals surface area contributed by atoms with E-state index in [-0.39, 0.29) is 17.5 Å². The summed E-state index contributed by atoms with van der Waals surface area (Å²) in [5, 5.41) is 5.98. The van der Waals surface area contributed by atoms with E-state index < -0.39 is 54.1 Å². The Morgan fingerprint density at radius 1 is 1.08 bits per heavy atom. The summed E-state index contributed by atoms with van der Waals surface area (Å²) in [5.41, 5.74) is -2.49. The summed E-state index contributed by atoms with van der Waals surface area (Å²) in [6.07, 6.45) is 3.52. The molecule has 10 heteroatoms. The van der Waals surface area contributed by atoms with Gasteiger partial charge in [-0.3, -0.25) is 4.90 Å². The minimum absolute atomic E-state index is 0.154. The minimum atomic E-state index is -5.01. The fourth-order valence-corrected chi connectivity index (χ4v) is 4.66. The van der Waals surface area contributed by atoms with Crippen molar-refractivity contribution in [1.82, 2.24) is 19.6 Å². The molecule has 198 valence electrons. The number of hydrogen-bond acceptors (Lipinski definition) is 8. The quantitative estimate of drug-likeness (QED) is 0.339. The number of aryl methyl sites for hydroxylation is 1. The molecule has 0 saturated carbocycles. The predicted molar refractivity (Wildman–Crippen MR) is 147 cm³/mol. The van der Waals surface area contributed by atoms with Gasteiger partial charge in [0.25, 0.3) is 0 Å². The van der Waals surface area contributed by atoms with E-state index >= 15 is 0 Å². The highest BCUT2D eigenvalue weighted by atomic mass is 32.2. The van der Waals surface area contributed by atoms with Gasteiger partial charge in [0.05, 0.1) is 6.27 Å². The molecule has 2 aromatic carbocycles. The third kappa shape index (κ3) is 7.88. The molecule has 9 nitrogen and oxygen atoms in total. The van der Waals surface area contributed by atoms with Gasteiger partial charge >= 0.3 is 0 Å². The van der Waals surface area contributed by atoms with Crippen LogP contribution >= 0.6 is 0 Å². The Hall–Kier alpha value is -3.21. The molecule has 2 heterocycles. The van der Waals surface area contributed by atoms with E-state index in [0.29, 0.717) is 17.0 Å². The summed E-state index contributed by atoms with van der Waals surface area (Å²) >= 11 is 0. The van der Waals surface area contributed by atoms with Crippen LogP contribution in [0.15, 0.2) is 59.6 Å². The average molecular weight is 536 g/mol. The van der Waals surface area contributed by atoms with Gasteiger partial charge in [0, 0.05) is 48.9 Å². The van der Waals surface area contributed by atoms with Crippen LogP contribution < -0.4 is 20.1 Å². The van der Waals surface area contributed by atoms with Crippen LogP contribution in [-0.2, 0) is 10.0 Å². The first-order valence-electron chi connectivity index (χ1n) is 17.2. The van der Waals surface area contributed by atoms with Crippen LogP contribution in [0.25, 0.3) is 0 Å². The maximum atomic E-state index is 13.3. The molecular formula is C27H36N6O3S. The molecule has 2 atom stereocenters. The van der Waals surface area contributed by atoms with Crippen molar-refractivity contribution >= 4 is 33.2 Å². The second kappa shape index (κ2) is 11.5. The van der Waals surface area contributed by atoms with Gasteiger partial charge in [0.2, 0.25) is 16.0 Å². The van der Waals surface area contributed by atoms with Crippen LogP contribution in [0, 0.1) is 6.92 Å². The van der Waals surface area contributed by atoms with Crippen LogP contribution in [0.3, 0.4) is 0 Å². The highest BCUT2D eigenvalue weighted by Crippen LogP contribution is 2.24. The van der Waals surface area contributed by atoms with Crippen molar-refractivity contribution in [2.75, 3.05) is 36.8 Å². The predicted octanol–water partition coefficient (Wildman–Crippen LogP) is 4.82. The number of nitrogens with zero attached hydrogens (tertiary/aromatic N) is 3. The summed E-state index contributed by atoms with van der Waals surface area (Å²) in [6, 6.07) is 11.6. The molecule has 37 heavy (non-hydrogen) atoms. The summed E-state index contributed by atoms with van der Waals surface area (Å²) < 4.78 is 120. The van der Waals surface area contributed by atoms with Crippen molar-refractivity contribution in [2.24, 2.45) is 0 Å². The monoisotopic (exact) mass is 535 g/mol. The number of sulfonamides is 1. The molecule has 0 bridgehead atoms. The molecule has 0 radical (unpaired) electrons. The summed E-state index contributed by atoms with van der Waals surface area (Å²) in [5.74, 6) is 0.846. The Morgan fingerprint density at radius 3 is 2.57 bits per heavy atom. The Morgan fingerprint density at radius 2 is 1.84 bits per heavy atom. The first-order chi connectivity index (χ1) is 22.1. The molecule has 0 spiro atoms. The van der Waals surface area contributed by atoms with E-state index in [4.69, 9.17) is 19.8 Å². The maximum absolute atomic E-state index is 13.3. The molecule has 1 aliphatic rings. The summed E-state index contributed by atoms with van der Waals surface area (Å²) in [7, 11) is -5.01. The Bertz CT molecular complexity index is 1640. The average Bonchev–Trinajstić information content (AvgIpc) is 3.52. The topological polar surface area (TPSA) is 108 Å². The van der Waals surface area contributed by atoms with Gasteiger partial charge < -0.3 is 15.4 Å². The fourth-order valence-electron chi connectivity index (χ4n) is 3.60. The number of benzene rings is 2. The third-order valence-electron chi connectivity index (χ3n) is 5.39. The van der Waals surface area contributed by atoms with Crippen molar-refractivity contribution in [3.63, 3.8) is 0 Å². The molecule has 2 unspecified atom stereocenters. The molecule has 0 aliphatic carbocycles. The second-order valence-corrected chi connectivity index (χ2v) is 10.2. The van der Waals surface area contributed by atoms with Gasteiger partial charge in [0.15, 0.2) is 0 Å². The number of aromatic nitrogens is 2. The standard InChI is InChI=1S/C27H36N6O3S/c1-20-19-28-26(30-21-10-12-23(13-11-21)36-17-16-33-14-5-6-15-33)31-25(20)29-22-8-7-9-24(18-22)37(34,35)32-27(2,3)4/h7-13,18-19,32H,5-6,14-17H2,1-4H3,(H2,28,29,30,31)/i2D3,3D3,4D3,16D,17D. The van der Waals surface area contributed by atoms with Gasteiger partial charge in [-0.2, -0.15) is 4.98 Å². The third-order valence-corrected chi connectivity index (χ3v) is 6.84. The lowest BCUT2D eigenvalue weighted by molar-refractivity contribution is 0.238. The van der Waals surface area contributed by atoms with Gasteiger partial charge in [-0.25, -0.2) is 18.1 Å². The van der Waals surface area contributed by atoms with Gasteiger partial charge in [0.1, 0.15) is 18.2 Å². The fraction of sp³-hybridized carbons (Fsp3) is 0.407. The molecule has 0 amide bonds. The van der Waals surface area contributed by atoms with E-state index in [1.165, 1.54) is 23.1 Å². The lowest BCUT2D eigenvalue weighted by Crippen LogP contribution is -2.40. The number of nitrogens with one attached hydrogen (secondary N) is 3. The smallest absolute Gasteiger partial charge is 0.241 e. The second-order valence-electron chi connectivity index (χ2n) is 8.53. The zero-order valence-corrected chi connectivity index (χ0v) is 21.0. The molecule has 1 aliphatic heterocycles. The van der Waals surface area contributed by atoms with Crippen molar-refractivity contribution in [2.45, 2.75) is 50.8 Å². The van der Waals surface area contributed by atoms with Crippen molar-refractivity contribution < 1.29 is 28.2 Å². The first-order valence-corrected chi connectivity index (χ1v) is 13.0. The van der Waals surface area contributed by atoms with E-state index in [2.05, 4.69) is 20.6 Å². The van der Waals surface area contributed by atoms with Crippen LogP contribution in [0.1, 0.15) is 54.0 Å². The van der Waals surface area contributed by atoms with Crippen LogP contribution in [0.4, 0.5) is 23.1 Å². The lowest BCUT2D eigenvalue weighted by Gasteiger charge is -2.20. The van der Waals surface area contributed by atoms with Crippen LogP contribution in [0.5, 0.6) is 5.75 Å². The van der Waals surface area contributed by atoms with Crippen molar-refractivity contribution in [3.8, 4) is 5.75 Å². The van der Waals surface area contributed by atoms with Gasteiger partial charge in [-0.05, 0) is 95.9 Å². The van der Waals surface area contributed by atoms with Gasteiger partial charge in [-0.1, -0.05) is 6.07 Å². The normalized spacial score (nSPS) is 21.6. The summed E-state index contributed by atoms with van der Waals surface area (Å²) in [6.45, 7) is -9.95. The molecular weight excluding hydrogens is 488 g/mol. The first kappa shape index (κ1) is 15.9. The molecule has 3 N–H and O–H groups in total. The molecule has 4 rings (SSSR count). The van der Waals surface area contributed by atoms with Crippen LogP contribution in [0.2, 0.25) is 0 Å². The molecule has 1 saturated heterocycles. The van der Waals surface area contributed by atoms with Gasteiger partial charge in [-0.15, -0.1) is 0 Å². The zero-order chi connectivity index (χ0) is 35.7. The highest BCUT2D eigenvalue weighted by molar-refractivity contribution is 7.89.